The molecule has 0 spiro atoms. The zero-order valence-electron chi connectivity index (χ0n) is 8.74. The van der Waals surface area contributed by atoms with Gasteiger partial charge < -0.3 is 4.74 Å². The van der Waals surface area contributed by atoms with E-state index in [2.05, 4.69) is 9.72 Å². The Kier molecular flexibility index (Phi) is 3.40. The zero-order valence-corrected chi connectivity index (χ0v) is 10.3. The molecule has 0 N–H and O–H groups in total. The number of carbonyl (C=O) groups excluding carboxylic acids is 1. The normalized spacial score (nSPS) is 10.3. The quantitative estimate of drug-likeness (QED) is 0.786. The van der Waals surface area contributed by atoms with Crippen LogP contribution >= 0.6 is 22.9 Å². The van der Waals surface area contributed by atoms with Gasteiger partial charge in [-0.25, -0.2) is 14.2 Å². The second-order valence-corrected chi connectivity index (χ2v) is 4.45. The van der Waals surface area contributed by atoms with Gasteiger partial charge in [0.2, 0.25) is 0 Å². The number of aromatic nitrogens is 1. The maximum atomic E-state index is 13.5. The highest BCUT2D eigenvalue weighted by Gasteiger charge is 2.14. The lowest BCUT2D eigenvalue weighted by Gasteiger charge is -1.99. The summed E-state index contributed by atoms with van der Waals surface area (Å²) in [5.74, 6) is -0.977. The lowest BCUT2D eigenvalue weighted by Crippen LogP contribution is -2.01. The van der Waals surface area contributed by atoms with Crippen LogP contribution in [0.5, 0.6) is 0 Å². The number of halogens is 2. The van der Waals surface area contributed by atoms with E-state index in [9.17, 15) is 9.18 Å². The van der Waals surface area contributed by atoms with Crippen LogP contribution < -0.4 is 0 Å². The highest BCUT2D eigenvalue weighted by molar-refractivity contribution is 7.13. The predicted octanol–water partition coefficient (Wildman–Crippen LogP) is 3.39. The Balaban J connectivity index is 2.43. The fourth-order valence-corrected chi connectivity index (χ4v) is 2.24. The largest absolute Gasteiger partial charge is 0.464 e. The van der Waals surface area contributed by atoms with E-state index in [1.165, 1.54) is 30.7 Å². The zero-order chi connectivity index (χ0) is 12.4. The van der Waals surface area contributed by atoms with Crippen LogP contribution in [0.1, 0.15) is 10.5 Å². The van der Waals surface area contributed by atoms with Gasteiger partial charge in [0.1, 0.15) is 10.8 Å². The van der Waals surface area contributed by atoms with E-state index in [4.69, 9.17) is 11.6 Å². The molecular formula is C11H7ClFNO2S. The Morgan fingerprint density at radius 3 is 3.00 bits per heavy atom. The van der Waals surface area contributed by atoms with Gasteiger partial charge in [0.25, 0.3) is 0 Å². The first-order chi connectivity index (χ1) is 8.11. The molecule has 0 aliphatic rings. The van der Waals surface area contributed by atoms with Crippen molar-refractivity contribution in [3.8, 4) is 10.6 Å². The van der Waals surface area contributed by atoms with Gasteiger partial charge in [-0.15, -0.1) is 11.3 Å². The van der Waals surface area contributed by atoms with E-state index in [0.29, 0.717) is 10.0 Å². The minimum atomic E-state index is -0.546. The van der Waals surface area contributed by atoms with Crippen LogP contribution in [0.25, 0.3) is 10.6 Å². The number of benzene rings is 1. The number of thiazole rings is 1. The molecule has 1 aromatic carbocycles. The van der Waals surface area contributed by atoms with E-state index in [0.717, 1.165) is 11.3 Å². The SMILES string of the molecule is COC(=O)c1csc(-c2cc(Cl)ccc2F)n1. The molecule has 0 aliphatic heterocycles. The Morgan fingerprint density at radius 1 is 1.53 bits per heavy atom. The van der Waals surface area contributed by atoms with Crippen LogP contribution in [0.2, 0.25) is 5.02 Å². The molecule has 0 amide bonds. The first kappa shape index (κ1) is 12.0. The molecule has 0 bridgehead atoms. The molecule has 0 atom stereocenters. The van der Waals surface area contributed by atoms with Gasteiger partial charge in [-0.3, -0.25) is 0 Å². The first-order valence-electron chi connectivity index (χ1n) is 4.61. The molecule has 2 rings (SSSR count). The van der Waals surface area contributed by atoms with Crippen LogP contribution in [0, 0.1) is 5.82 Å². The minimum absolute atomic E-state index is 0.159. The minimum Gasteiger partial charge on any atom is -0.464 e. The summed E-state index contributed by atoms with van der Waals surface area (Å²) in [7, 11) is 1.27. The monoisotopic (exact) mass is 271 g/mol. The summed E-state index contributed by atoms with van der Waals surface area (Å²) in [6, 6.07) is 4.18. The van der Waals surface area contributed by atoms with Crippen molar-refractivity contribution < 1.29 is 13.9 Å². The molecule has 2 aromatic rings. The smallest absolute Gasteiger partial charge is 0.357 e. The van der Waals surface area contributed by atoms with Crippen molar-refractivity contribution in [2.45, 2.75) is 0 Å². The van der Waals surface area contributed by atoms with Crippen molar-refractivity contribution >= 4 is 28.9 Å². The average Bonchev–Trinajstić information content (AvgIpc) is 2.80. The van der Waals surface area contributed by atoms with Gasteiger partial charge in [0.05, 0.1) is 7.11 Å². The standard InChI is InChI=1S/C11H7ClFNO2S/c1-16-11(15)9-5-17-10(14-9)7-4-6(12)2-3-8(7)13/h2-5H,1H3. The molecule has 0 fully saturated rings. The molecule has 0 saturated carbocycles. The second-order valence-electron chi connectivity index (χ2n) is 3.15. The Morgan fingerprint density at radius 2 is 2.29 bits per heavy atom. The van der Waals surface area contributed by atoms with Crippen LogP contribution in [0.3, 0.4) is 0 Å². The number of methoxy groups -OCH3 is 1. The van der Waals surface area contributed by atoms with Crippen LogP contribution in [-0.4, -0.2) is 18.1 Å². The Hall–Kier alpha value is -1.46. The van der Waals surface area contributed by atoms with Crippen molar-refractivity contribution in [1.82, 2.24) is 4.98 Å². The van der Waals surface area contributed by atoms with Crippen molar-refractivity contribution in [2.24, 2.45) is 0 Å². The molecule has 6 heteroatoms. The van der Waals surface area contributed by atoms with Gasteiger partial charge in [0, 0.05) is 16.0 Å². The molecule has 3 nitrogen and oxygen atoms in total. The number of hydrogen-bond donors (Lipinski definition) is 0. The van der Waals surface area contributed by atoms with Crippen LogP contribution in [-0.2, 0) is 4.74 Å². The number of ether oxygens (including phenoxy) is 1. The van der Waals surface area contributed by atoms with Crippen LogP contribution in [0.15, 0.2) is 23.6 Å². The summed E-state index contributed by atoms with van der Waals surface area (Å²) in [4.78, 5) is 15.2. The molecule has 88 valence electrons. The lowest BCUT2D eigenvalue weighted by molar-refractivity contribution is 0.0595. The molecule has 17 heavy (non-hydrogen) atoms. The van der Waals surface area contributed by atoms with Gasteiger partial charge >= 0.3 is 5.97 Å². The fourth-order valence-electron chi connectivity index (χ4n) is 1.26. The van der Waals surface area contributed by atoms with E-state index in [1.54, 1.807) is 0 Å². The van der Waals surface area contributed by atoms with Gasteiger partial charge in [-0.1, -0.05) is 11.6 Å². The molecule has 0 unspecified atom stereocenters. The number of esters is 1. The van der Waals surface area contributed by atoms with E-state index in [1.807, 2.05) is 0 Å². The van der Waals surface area contributed by atoms with Crippen molar-refractivity contribution in [3.05, 3.63) is 40.1 Å². The topological polar surface area (TPSA) is 39.2 Å². The third-order valence-corrected chi connectivity index (χ3v) is 3.17. The number of rotatable bonds is 2. The number of carbonyl (C=O) groups is 1. The van der Waals surface area contributed by atoms with Crippen LogP contribution in [0.4, 0.5) is 4.39 Å². The summed E-state index contributed by atoms with van der Waals surface area (Å²) in [6.07, 6.45) is 0. The van der Waals surface area contributed by atoms with Crippen molar-refractivity contribution in [2.75, 3.05) is 7.11 Å². The summed E-state index contributed by atoms with van der Waals surface area (Å²) < 4.78 is 18.1. The van der Waals surface area contributed by atoms with E-state index >= 15 is 0 Å². The molecule has 0 radical (unpaired) electrons. The Bertz CT molecular complexity index is 570. The molecule has 1 heterocycles. The number of hydrogen-bond acceptors (Lipinski definition) is 4. The third-order valence-electron chi connectivity index (χ3n) is 2.06. The number of nitrogens with zero attached hydrogens (tertiary/aromatic N) is 1. The summed E-state index contributed by atoms with van der Waals surface area (Å²) >= 11 is 6.94. The second kappa shape index (κ2) is 4.81. The molecule has 1 aromatic heterocycles. The maximum Gasteiger partial charge on any atom is 0.357 e. The summed E-state index contributed by atoms with van der Waals surface area (Å²) in [5.41, 5.74) is 0.435. The summed E-state index contributed by atoms with van der Waals surface area (Å²) in [5, 5.41) is 2.32. The average molecular weight is 272 g/mol. The maximum absolute atomic E-state index is 13.5. The first-order valence-corrected chi connectivity index (χ1v) is 5.87. The molecule has 0 saturated heterocycles. The van der Waals surface area contributed by atoms with E-state index in [-0.39, 0.29) is 11.3 Å². The Labute approximate surface area is 106 Å². The highest BCUT2D eigenvalue weighted by atomic mass is 35.5. The van der Waals surface area contributed by atoms with Crippen molar-refractivity contribution in [3.63, 3.8) is 0 Å². The van der Waals surface area contributed by atoms with Crippen molar-refractivity contribution in [1.29, 1.82) is 0 Å². The third kappa shape index (κ3) is 2.45. The van der Waals surface area contributed by atoms with E-state index < -0.39 is 11.8 Å². The molecule has 0 aliphatic carbocycles. The lowest BCUT2D eigenvalue weighted by atomic mass is 10.2. The predicted molar refractivity (Wildman–Crippen MR) is 63.9 cm³/mol. The van der Waals surface area contributed by atoms with Gasteiger partial charge in [-0.05, 0) is 18.2 Å². The molecular weight excluding hydrogens is 265 g/mol. The highest BCUT2D eigenvalue weighted by Crippen LogP contribution is 2.28. The van der Waals surface area contributed by atoms with Gasteiger partial charge in [-0.2, -0.15) is 0 Å². The fraction of sp³-hybridized carbons (Fsp3) is 0.0909. The summed E-state index contributed by atoms with van der Waals surface area (Å²) in [6.45, 7) is 0. The van der Waals surface area contributed by atoms with Gasteiger partial charge in [0.15, 0.2) is 5.69 Å².